The molecule has 53 heavy (non-hydrogen) atoms. The lowest BCUT2D eigenvalue weighted by Gasteiger charge is -2.44. The first-order valence-corrected chi connectivity index (χ1v) is 18.5. The second-order valence-electron chi connectivity index (χ2n) is 14.8. The second kappa shape index (κ2) is 15.8. The normalized spacial score (nSPS) is 18.7. The maximum Gasteiger partial charge on any atom is 0.414 e. The number of benzene rings is 3. The van der Waals surface area contributed by atoms with Gasteiger partial charge in [-0.25, -0.2) is 9.59 Å². The van der Waals surface area contributed by atoms with Crippen LogP contribution in [-0.4, -0.2) is 67.2 Å². The fourth-order valence-corrected chi connectivity index (χ4v) is 8.16. The van der Waals surface area contributed by atoms with Gasteiger partial charge in [0, 0.05) is 28.4 Å². The van der Waals surface area contributed by atoms with Crippen LogP contribution in [0.2, 0.25) is 10.0 Å². The Kier molecular flexibility index (Phi) is 11.4. The Morgan fingerprint density at radius 1 is 0.962 bits per heavy atom. The fourth-order valence-electron chi connectivity index (χ4n) is 7.55. The van der Waals surface area contributed by atoms with Gasteiger partial charge in [0.25, 0.3) is 0 Å². The van der Waals surface area contributed by atoms with Crippen molar-refractivity contribution in [3.63, 3.8) is 0 Å². The van der Waals surface area contributed by atoms with Crippen LogP contribution in [0.3, 0.4) is 0 Å². The van der Waals surface area contributed by atoms with Gasteiger partial charge in [-0.3, -0.25) is 15.0 Å². The van der Waals surface area contributed by atoms with Crippen LogP contribution in [0, 0.1) is 5.92 Å². The maximum absolute atomic E-state index is 14.5. The van der Waals surface area contributed by atoms with E-state index in [2.05, 4.69) is 25.7 Å². The first kappa shape index (κ1) is 38.2. The highest BCUT2D eigenvalue weighted by atomic mass is 35.5. The molecule has 4 heterocycles. The summed E-state index contributed by atoms with van der Waals surface area (Å²) in [5, 5.41) is 21.2. The van der Waals surface area contributed by atoms with Crippen LogP contribution in [0.5, 0.6) is 11.5 Å². The van der Waals surface area contributed by atoms with E-state index in [1.807, 2.05) is 36.4 Å². The van der Waals surface area contributed by atoms with Crippen molar-refractivity contribution in [2.75, 3.05) is 38.8 Å². The standard InChI is InChI=1S/C41H45Cl2N3O7/c1-41(2,3)28-9-7-10-29(19-28)46(40(49)53-37-24-44-16-14-25(37)15-17-44)21-27-8-6-11-30(39(47)48)38(27)31(20-32-33(42)22-45(50)23-34(32)43)26-12-13-35(51-4)36(18-26)52-5/h6-13,18-19,22-23,25,31,37H,14-17,20-21,24H2,1-5H3,(H-,47,48,50)/p+1/t31-,37-/m0/s1. The molecule has 4 aromatic rings. The molecule has 0 saturated carbocycles. The highest BCUT2D eigenvalue weighted by molar-refractivity contribution is 6.35. The van der Waals surface area contributed by atoms with Gasteiger partial charge in [-0.15, -0.1) is 0 Å². The SMILES string of the molecule is COc1ccc([C@H](Cc2c(Cl)c[n+](O)cc2Cl)c2c(CN(C(=O)O[C@H]3CN4CCC3CC4)c3cccc(C(C)(C)C)c3)cccc2C(=O)O)cc1OC. The molecule has 3 fully saturated rings. The molecule has 12 heteroatoms. The molecule has 10 nitrogen and oxygen atoms in total. The molecule has 1 amide bonds. The number of aromatic nitrogens is 1. The van der Waals surface area contributed by atoms with Gasteiger partial charge in [0.2, 0.25) is 12.4 Å². The Morgan fingerprint density at radius 2 is 1.64 bits per heavy atom. The molecule has 0 radical (unpaired) electrons. The van der Waals surface area contributed by atoms with Crippen molar-refractivity contribution in [3.05, 3.63) is 116 Å². The van der Waals surface area contributed by atoms with Crippen molar-refractivity contribution in [2.45, 2.75) is 64.0 Å². The largest absolute Gasteiger partial charge is 0.493 e. The van der Waals surface area contributed by atoms with E-state index in [1.54, 1.807) is 36.3 Å². The molecule has 0 spiro atoms. The molecule has 1 aromatic heterocycles. The number of carboxylic acids is 1. The Hall–Kier alpha value is -4.51. The summed E-state index contributed by atoms with van der Waals surface area (Å²) in [5.74, 6) is -0.557. The Labute approximate surface area is 320 Å². The smallest absolute Gasteiger partial charge is 0.414 e. The molecule has 280 valence electrons. The zero-order valence-corrected chi connectivity index (χ0v) is 32.2. The van der Waals surface area contributed by atoms with Crippen LogP contribution in [0.4, 0.5) is 10.5 Å². The van der Waals surface area contributed by atoms with Crippen LogP contribution in [-0.2, 0) is 23.1 Å². The third-order valence-corrected chi connectivity index (χ3v) is 11.1. The second-order valence-corrected chi connectivity index (χ2v) is 15.6. The van der Waals surface area contributed by atoms with Crippen LogP contribution < -0.4 is 19.1 Å². The van der Waals surface area contributed by atoms with Crippen molar-refractivity contribution in [1.82, 2.24) is 4.90 Å². The minimum atomic E-state index is -1.14. The van der Waals surface area contributed by atoms with Crippen molar-refractivity contribution in [3.8, 4) is 11.5 Å². The number of nitrogens with zero attached hydrogens (tertiary/aromatic N) is 3. The third-order valence-electron chi connectivity index (χ3n) is 10.5. The van der Waals surface area contributed by atoms with Gasteiger partial charge >= 0.3 is 12.1 Å². The monoisotopic (exact) mass is 762 g/mol. The quantitative estimate of drug-likeness (QED) is 0.116. The molecule has 3 aliphatic rings. The molecule has 7 rings (SSSR count). The lowest BCUT2D eigenvalue weighted by atomic mass is 9.80. The van der Waals surface area contributed by atoms with E-state index >= 15 is 0 Å². The zero-order chi connectivity index (χ0) is 38.0. The van der Waals surface area contributed by atoms with Crippen LogP contribution >= 0.6 is 23.2 Å². The number of hydrogen-bond acceptors (Lipinski definition) is 7. The molecule has 0 aliphatic carbocycles. The number of aromatic carboxylic acids is 1. The van der Waals surface area contributed by atoms with Gasteiger partial charge in [-0.05, 0) is 96.3 Å². The molecular weight excluding hydrogens is 717 g/mol. The number of pyridine rings is 1. The van der Waals surface area contributed by atoms with Crippen molar-refractivity contribution < 1.29 is 38.8 Å². The lowest BCUT2D eigenvalue weighted by molar-refractivity contribution is -0.904. The van der Waals surface area contributed by atoms with Crippen molar-refractivity contribution >= 4 is 41.0 Å². The summed E-state index contributed by atoms with van der Waals surface area (Å²) in [5.41, 5.74) is 3.78. The van der Waals surface area contributed by atoms with Crippen LogP contribution in [0.15, 0.2) is 73.1 Å². The maximum atomic E-state index is 14.5. The van der Waals surface area contributed by atoms with Gasteiger partial charge in [-0.1, -0.05) is 74.3 Å². The third kappa shape index (κ3) is 8.35. The zero-order valence-electron chi connectivity index (χ0n) is 30.6. The highest BCUT2D eigenvalue weighted by Gasteiger charge is 2.38. The minimum Gasteiger partial charge on any atom is -0.493 e. The first-order chi connectivity index (χ1) is 25.3. The lowest BCUT2D eigenvalue weighted by Crippen LogP contribution is -2.53. The number of fused-ring (bicyclic) bond motifs is 3. The molecule has 3 saturated heterocycles. The van der Waals surface area contributed by atoms with E-state index in [1.165, 1.54) is 19.5 Å². The molecule has 2 bridgehead atoms. The van der Waals surface area contributed by atoms with E-state index in [0.717, 1.165) is 36.2 Å². The van der Waals surface area contributed by atoms with E-state index in [0.29, 0.717) is 51.9 Å². The predicted molar refractivity (Wildman–Crippen MR) is 203 cm³/mol. The van der Waals surface area contributed by atoms with E-state index in [9.17, 15) is 19.9 Å². The van der Waals surface area contributed by atoms with Gasteiger partial charge in [0.05, 0.1) is 26.3 Å². The molecular formula is C41H46Cl2N3O7+. The van der Waals surface area contributed by atoms with E-state index < -0.39 is 18.0 Å². The van der Waals surface area contributed by atoms with Crippen LogP contribution in [0.25, 0.3) is 0 Å². The molecule has 2 atom stereocenters. The van der Waals surface area contributed by atoms with Crippen LogP contribution in [0.1, 0.15) is 77.7 Å². The Balaban J connectivity index is 1.51. The fraction of sp³-hybridized carbons (Fsp3) is 0.390. The summed E-state index contributed by atoms with van der Waals surface area (Å²) in [7, 11) is 3.07. The van der Waals surface area contributed by atoms with Gasteiger partial charge in [0.15, 0.2) is 11.5 Å². The van der Waals surface area contributed by atoms with Gasteiger partial charge < -0.3 is 19.3 Å². The summed E-state index contributed by atoms with van der Waals surface area (Å²) in [6.07, 6.45) is 4.03. The van der Waals surface area contributed by atoms with E-state index in [4.69, 9.17) is 37.4 Å². The molecule has 0 unspecified atom stereocenters. The number of amides is 1. The van der Waals surface area contributed by atoms with Gasteiger partial charge in [0.1, 0.15) is 16.1 Å². The predicted octanol–water partition coefficient (Wildman–Crippen LogP) is 8.14. The summed E-state index contributed by atoms with van der Waals surface area (Å²) in [6.45, 7) is 9.06. The number of ether oxygens (including phenoxy) is 3. The van der Waals surface area contributed by atoms with Crippen molar-refractivity contribution in [1.29, 1.82) is 0 Å². The highest BCUT2D eigenvalue weighted by Crippen LogP contribution is 2.41. The number of carboxylic acid groups (broad SMARTS) is 1. The number of methoxy groups -OCH3 is 2. The Morgan fingerprint density at radius 3 is 2.25 bits per heavy atom. The number of rotatable bonds is 11. The Bertz CT molecular complexity index is 1970. The average Bonchev–Trinajstić information content (AvgIpc) is 3.13. The van der Waals surface area contributed by atoms with Crippen molar-refractivity contribution in [2.24, 2.45) is 5.92 Å². The van der Waals surface area contributed by atoms with E-state index in [-0.39, 0.29) is 40.1 Å². The number of piperidine rings is 3. The molecule has 3 aromatic carbocycles. The number of hydrogen-bond donors (Lipinski definition) is 2. The minimum absolute atomic E-state index is 0.0146. The molecule has 2 N–H and O–H groups in total. The summed E-state index contributed by atoms with van der Waals surface area (Å²) < 4.78 is 18.3. The average molecular weight is 764 g/mol. The number of carbonyl (C=O) groups excluding carboxylic acids is 1. The topological polar surface area (TPSA) is 113 Å². The molecule has 3 aliphatic heterocycles. The number of carbonyl (C=O) groups is 2. The summed E-state index contributed by atoms with van der Waals surface area (Å²) >= 11 is 13.4. The number of anilines is 1. The summed E-state index contributed by atoms with van der Waals surface area (Å²) in [6, 6.07) is 18.3. The summed E-state index contributed by atoms with van der Waals surface area (Å²) in [4.78, 5) is 31.5. The first-order valence-electron chi connectivity index (χ1n) is 17.7. The van der Waals surface area contributed by atoms with Gasteiger partial charge in [-0.2, -0.15) is 0 Å². The number of halogens is 2.